The normalized spacial score (nSPS) is 14.9. The molecule has 1 heterocycles. The Kier molecular flexibility index (Phi) is 10.7. The summed E-state index contributed by atoms with van der Waals surface area (Å²) >= 11 is 0. The molecule has 0 aliphatic carbocycles. The number of rotatable bonds is 13. The lowest BCUT2D eigenvalue weighted by Gasteiger charge is -2.28. The second-order valence-electron chi connectivity index (χ2n) is 10.7. The maximum atomic E-state index is 13.2. The van der Waals surface area contributed by atoms with Crippen molar-refractivity contribution in [2.75, 3.05) is 0 Å². The summed E-state index contributed by atoms with van der Waals surface area (Å²) in [6.07, 6.45) is 2.28. The Morgan fingerprint density at radius 3 is 1.95 bits per heavy atom. The standard InChI is InChI=1S/C27H41N5O5/c1-14(2)11-19(28)24(33)31-23(16(5)6)26(35)32-22(15(3)4)25(34)30-21(27(36)37)12-17-13-29-20-10-8-7-9-18(17)20/h7-10,13-16,19,21-23,29H,11-12,28H2,1-6H3,(H,30,34)(H,31,33)(H,32,35)(H,36,37). The van der Waals surface area contributed by atoms with Crippen LogP contribution in [-0.4, -0.2) is 57.9 Å². The van der Waals surface area contributed by atoms with Gasteiger partial charge in [0.15, 0.2) is 0 Å². The number of benzene rings is 1. The van der Waals surface area contributed by atoms with Gasteiger partial charge in [0, 0.05) is 23.5 Å². The summed E-state index contributed by atoms with van der Waals surface area (Å²) < 4.78 is 0. The van der Waals surface area contributed by atoms with Gasteiger partial charge in [0.05, 0.1) is 6.04 Å². The molecule has 1 aromatic carbocycles. The lowest BCUT2D eigenvalue weighted by molar-refractivity contribution is -0.142. The molecule has 2 rings (SSSR count). The van der Waals surface area contributed by atoms with Gasteiger partial charge in [-0.15, -0.1) is 0 Å². The first kappa shape index (κ1) is 29.8. The fraction of sp³-hybridized carbons (Fsp3) is 0.556. The van der Waals surface area contributed by atoms with Crippen LogP contribution in [0.1, 0.15) is 53.5 Å². The molecule has 4 unspecified atom stereocenters. The molecular formula is C27H41N5O5. The quantitative estimate of drug-likeness (QED) is 0.238. The van der Waals surface area contributed by atoms with Crippen LogP contribution in [0.4, 0.5) is 0 Å². The van der Waals surface area contributed by atoms with E-state index in [1.807, 2.05) is 38.1 Å². The van der Waals surface area contributed by atoms with Gasteiger partial charge < -0.3 is 31.8 Å². The van der Waals surface area contributed by atoms with E-state index in [-0.39, 0.29) is 24.2 Å². The van der Waals surface area contributed by atoms with E-state index in [0.717, 1.165) is 16.5 Å². The Bertz CT molecular complexity index is 1090. The van der Waals surface area contributed by atoms with Crippen molar-refractivity contribution < 1.29 is 24.3 Å². The molecule has 204 valence electrons. The minimum atomic E-state index is -1.19. The molecular weight excluding hydrogens is 474 g/mol. The predicted molar refractivity (Wildman–Crippen MR) is 143 cm³/mol. The summed E-state index contributed by atoms with van der Waals surface area (Å²) in [7, 11) is 0. The average molecular weight is 516 g/mol. The van der Waals surface area contributed by atoms with Gasteiger partial charge in [-0.25, -0.2) is 4.79 Å². The number of aromatic amines is 1. The zero-order valence-corrected chi connectivity index (χ0v) is 22.5. The molecule has 7 N–H and O–H groups in total. The van der Waals surface area contributed by atoms with E-state index >= 15 is 0 Å². The van der Waals surface area contributed by atoms with Crippen molar-refractivity contribution in [1.29, 1.82) is 0 Å². The first-order valence-corrected chi connectivity index (χ1v) is 12.8. The largest absolute Gasteiger partial charge is 0.480 e. The highest BCUT2D eigenvalue weighted by molar-refractivity contribution is 5.94. The van der Waals surface area contributed by atoms with Crippen molar-refractivity contribution in [3.63, 3.8) is 0 Å². The van der Waals surface area contributed by atoms with E-state index in [4.69, 9.17) is 5.73 Å². The SMILES string of the molecule is CC(C)CC(N)C(=O)NC(C(=O)NC(C(=O)NC(Cc1c[nH]c2ccccc12)C(=O)O)C(C)C)C(C)C. The molecule has 0 radical (unpaired) electrons. The molecule has 2 aromatic rings. The second-order valence-corrected chi connectivity index (χ2v) is 10.7. The summed E-state index contributed by atoms with van der Waals surface area (Å²) in [6.45, 7) is 11.0. The maximum absolute atomic E-state index is 13.2. The van der Waals surface area contributed by atoms with Crippen molar-refractivity contribution in [3.8, 4) is 0 Å². The van der Waals surface area contributed by atoms with Gasteiger partial charge in [0.1, 0.15) is 18.1 Å². The third kappa shape index (κ3) is 8.31. The molecule has 0 aliphatic rings. The van der Waals surface area contributed by atoms with Crippen LogP contribution in [0.25, 0.3) is 10.9 Å². The highest BCUT2D eigenvalue weighted by atomic mass is 16.4. The van der Waals surface area contributed by atoms with Crippen molar-refractivity contribution in [2.24, 2.45) is 23.5 Å². The van der Waals surface area contributed by atoms with E-state index in [1.54, 1.807) is 33.9 Å². The van der Waals surface area contributed by atoms with Crippen LogP contribution in [0, 0.1) is 17.8 Å². The molecule has 10 nitrogen and oxygen atoms in total. The number of nitrogens with two attached hydrogens (primary N) is 1. The number of nitrogens with one attached hydrogen (secondary N) is 4. The van der Waals surface area contributed by atoms with Crippen molar-refractivity contribution in [2.45, 2.75) is 78.6 Å². The molecule has 3 amide bonds. The van der Waals surface area contributed by atoms with E-state index in [0.29, 0.717) is 6.42 Å². The zero-order valence-electron chi connectivity index (χ0n) is 22.5. The summed E-state index contributed by atoms with van der Waals surface area (Å²) in [5.41, 5.74) is 7.60. The van der Waals surface area contributed by atoms with Gasteiger partial charge >= 0.3 is 5.97 Å². The average Bonchev–Trinajstić information content (AvgIpc) is 3.21. The van der Waals surface area contributed by atoms with Crippen LogP contribution in [0.2, 0.25) is 0 Å². The van der Waals surface area contributed by atoms with E-state index in [9.17, 15) is 24.3 Å². The van der Waals surface area contributed by atoms with Crippen LogP contribution in [0.5, 0.6) is 0 Å². The van der Waals surface area contributed by atoms with Gasteiger partial charge in [0.2, 0.25) is 17.7 Å². The number of aliphatic carboxylic acids is 1. The van der Waals surface area contributed by atoms with E-state index in [1.165, 1.54) is 0 Å². The molecule has 0 fully saturated rings. The number of para-hydroxylation sites is 1. The summed E-state index contributed by atoms with van der Waals surface area (Å²) in [5.74, 6) is -3.14. The highest BCUT2D eigenvalue weighted by Crippen LogP contribution is 2.19. The first-order chi connectivity index (χ1) is 17.3. The predicted octanol–water partition coefficient (Wildman–Crippen LogP) is 1.93. The van der Waals surface area contributed by atoms with Gasteiger partial charge in [-0.3, -0.25) is 14.4 Å². The molecule has 0 spiro atoms. The molecule has 37 heavy (non-hydrogen) atoms. The van der Waals surface area contributed by atoms with Crippen molar-refractivity contribution >= 4 is 34.6 Å². The molecule has 0 saturated carbocycles. The monoisotopic (exact) mass is 515 g/mol. The number of carboxylic acid groups (broad SMARTS) is 1. The molecule has 0 bridgehead atoms. The number of amides is 3. The molecule has 10 heteroatoms. The number of carboxylic acids is 1. The number of hydrogen-bond donors (Lipinski definition) is 6. The Morgan fingerprint density at radius 2 is 1.41 bits per heavy atom. The number of carbonyl (C=O) groups is 4. The Morgan fingerprint density at radius 1 is 0.865 bits per heavy atom. The second kappa shape index (κ2) is 13.2. The van der Waals surface area contributed by atoms with Crippen LogP contribution in [0.3, 0.4) is 0 Å². The number of fused-ring (bicyclic) bond motifs is 1. The van der Waals surface area contributed by atoms with Gasteiger partial charge in [0.25, 0.3) is 0 Å². The minimum absolute atomic E-state index is 0.0717. The van der Waals surface area contributed by atoms with Gasteiger partial charge in [-0.1, -0.05) is 59.7 Å². The third-order valence-corrected chi connectivity index (χ3v) is 6.27. The number of H-pyrrole nitrogens is 1. The lowest BCUT2D eigenvalue weighted by atomic mass is 9.98. The third-order valence-electron chi connectivity index (χ3n) is 6.27. The molecule has 1 aromatic heterocycles. The van der Waals surface area contributed by atoms with E-state index < -0.39 is 47.9 Å². The first-order valence-electron chi connectivity index (χ1n) is 12.8. The number of hydrogen-bond acceptors (Lipinski definition) is 5. The van der Waals surface area contributed by atoms with E-state index in [2.05, 4.69) is 20.9 Å². The van der Waals surface area contributed by atoms with Crippen molar-refractivity contribution in [3.05, 3.63) is 36.0 Å². The van der Waals surface area contributed by atoms with Gasteiger partial charge in [-0.05, 0) is 35.8 Å². The topological polar surface area (TPSA) is 166 Å². The van der Waals surface area contributed by atoms with Crippen LogP contribution < -0.4 is 21.7 Å². The van der Waals surface area contributed by atoms with Crippen LogP contribution in [-0.2, 0) is 25.6 Å². The Hall–Kier alpha value is -3.40. The highest BCUT2D eigenvalue weighted by Gasteiger charge is 2.33. The van der Waals surface area contributed by atoms with Gasteiger partial charge in [-0.2, -0.15) is 0 Å². The summed E-state index contributed by atoms with van der Waals surface area (Å²) in [4.78, 5) is 54.0. The fourth-order valence-electron chi connectivity index (χ4n) is 4.17. The molecule has 4 atom stereocenters. The molecule has 0 saturated heterocycles. The minimum Gasteiger partial charge on any atom is -0.480 e. The Labute approximate surface area is 218 Å². The van der Waals surface area contributed by atoms with Crippen molar-refractivity contribution in [1.82, 2.24) is 20.9 Å². The summed E-state index contributed by atoms with van der Waals surface area (Å²) in [5, 5.41) is 18.7. The number of carbonyl (C=O) groups excluding carboxylic acids is 3. The smallest absolute Gasteiger partial charge is 0.326 e. The van der Waals surface area contributed by atoms with Crippen LogP contribution in [0.15, 0.2) is 30.5 Å². The molecule has 0 aliphatic heterocycles. The fourth-order valence-corrected chi connectivity index (χ4v) is 4.17. The summed E-state index contributed by atoms with van der Waals surface area (Å²) in [6, 6.07) is 3.65. The zero-order chi connectivity index (χ0) is 27.9. The lowest BCUT2D eigenvalue weighted by Crippen LogP contribution is -2.59. The number of aromatic nitrogens is 1. The Balaban J connectivity index is 2.13. The maximum Gasteiger partial charge on any atom is 0.326 e. The van der Waals surface area contributed by atoms with Crippen LogP contribution >= 0.6 is 0 Å².